The topological polar surface area (TPSA) is 39.7 Å². The van der Waals surface area contributed by atoms with Crippen molar-refractivity contribution in [1.29, 1.82) is 0 Å². The summed E-state index contributed by atoms with van der Waals surface area (Å²) in [5, 5.41) is 4.51. The van der Waals surface area contributed by atoms with E-state index in [-0.39, 0.29) is 6.61 Å². The van der Waals surface area contributed by atoms with Gasteiger partial charge in [0.2, 0.25) is 0 Å². The highest BCUT2D eigenvalue weighted by atomic mass is 79.9. The van der Waals surface area contributed by atoms with Crippen LogP contribution in [-0.2, 0) is 13.2 Å². The van der Waals surface area contributed by atoms with Crippen LogP contribution < -0.4 is 19.5 Å². The Kier molecular flexibility index (Phi) is 7.53. The number of hydrogen-bond donors (Lipinski definition) is 1. The molecule has 0 bridgehead atoms. The van der Waals surface area contributed by atoms with Crippen molar-refractivity contribution in [2.24, 2.45) is 0 Å². The van der Waals surface area contributed by atoms with Crippen LogP contribution in [0.4, 0.5) is 5.69 Å². The number of nitrogens with one attached hydrogen (secondary N) is 1. The standard InChI is InChI=1S/C22H20BrCl2NO3/c1-27-16-8-6-15(7-9-16)26-12-14-10-21(28-2)22(11-18(14)23)29-13-17-19(24)4-3-5-20(17)25/h3-11,26H,12-13H2,1-2H3. The number of ether oxygens (including phenoxy) is 3. The third-order valence-electron chi connectivity index (χ3n) is 4.34. The first-order valence-corrected chi connectivity index (χ1v) is 10.4. The first-order valence-electron chi connectivity index (χ1n) is 8.82. The smallest absolute Gasteiger partial charge is 0.162 e. The van der Waals surface area contributed by atoms with E-state index in [4.69, 9.17) is 37.4 Å². The van der Waals surface area contributed by atoms with Crippen LogP contribution in [0.5, 0.6) is 17.2 Å². The number of rotatable bonds is 8. The van der Waals surface area contributed by atoms with Gasteiger partial charge in [-0.05, 0) is 54.1 Å². The maximum Gasteiger partial charge on any atom is 0.162 e. The first kappa shape index (κ1) is 21.6. The number of benzene rings is 3. The normalized spacial score (nSPS) is 10.5. The molecule has 0 aromatic heterocycles. The molecule has 0 heterocycles. The highest BCUT2D eigenvalue weighted by Gasteiger charge is 2.13. The molecule has 29 heavy (non-hydrogen) atoms. The molecule has 4 nitrogen and oxygen atoms in total. The predicted molar refractivity (Wildman–Crippen MR) is 122 cm³/mol. The third-order valence-corrected chi connectivity index (χ3v) is 5.79. The molecule has 0 amide bonds. The molecule has 0 aliphatic rings. The van der Waals surface area contributed by atoms with Gasteiger partial charge in [0.1, 0.15) is 12.4 Å². The largest absolute Gasteiger partial charge is 0.497 e. The summed E-state index contributed by atoms with van der Waals surface area (Å²) in [7, 11) is 3.26. The number of hydrogen-bond acceptors (Lipinski definition) is 4. The second-order valence-corrected chi connectivity index (χ2v) is 7.83. The zero-order chi connectivity index (χ0) is 20.8. The molecule has 0 aliphatic carbocycles. The minimum Gasteiger partial charge on any atom is -0.497 e. The summed E-state index contributed by atoms with van der Waals surface area (Å²) in [6.07, 6.45) is 0. The quantitative estimate of drug-likeness (QED) is 0.365. The molecule has 152 valence electrons. The Bertz CT molecular complexity index is 960. The van der Waals surface area contributed by atoms with Crippen LogP contribution in [0.25, 0.3) is 0 Å². The van der Waals surface area contributed by atoms with Gasteiger partial charge in [0.15, 0.2) is 11.5 Å². The molecule has 0 saturated heterocycles. The second-order valence-electron chi connectivity index (χ2n) is 6.17. The average molecular weight is 497 g/mol. The number of halogens is 3. The van der Waals surface area contributed by atoms with E-state index in [1.165, 1.54) is 0 Å². The van der Waals surface area contributed by atoms with Gasteiger partial charge in [-0.15, -0.1) is 0 Å². The molecule has 1 N–H and O–H groups in total. The fourth-order valence-corrected chi connectivity index (χ4v) is 3.68. The van der Waals surface area contributed by atoms with Crippen molar-refractivity contribution >= 4 is 44.8 Å². The van der Waals surface area contributed by atoms with Crippen molar-refractivity contribution in [3.8, 4) is 17.2 Å². The van der Waals surface area contributed by atoms with Crippen LogP contribution in [-0.4, -0.2) is 14.2 Å². The third kappa shape index (κ3) is 5.50. The first-order chi connectivity index (χ1) is 14.0. The molecular formula is C22H20BrCl2NO3. The lowest BCUT2D eigenvalue weighted by molar-refractivity contribution is 0.284. The van der Waals surface area contributed by atoms with Crippen LogP contribution in [0, 0.1) is 0 Å². The maximum absolute atomic E-state index is 6.22. The zero-order valence-electron chi connectivity index (χ0n) is 16.0. The van der Waals surface area contributed by atoms with E-state index in [0.717, 1.165) is 27.0 Å². The molecule has 0 unspecified atom stereocenters. The van der Waals surface area contributed by atoms with Crippen LogP contribution in [0.3, 0.4) is 0 Å². The van der Waals surface area contributed by atoms with Crippen LogP contribution in [0.1, 0.15) is 11.1 Å². The molecule has 0 radical (unpaired) electrons. The average Bonchev–Trinajstić information content (AvgIpc) is 2.73. The minimum absolute atomic E-state index is 0.241. The Morgan fingerprint density at radius 1 is 0.897 bits per heavy atom. The Hall–Kier alpha value is -2.08. The highest BCUT2D eigenvalue weighted by Crippen LogP contribution is 2.35. The molecule has 0 aliphatic heterocycles. The maximum atomic E-state index is 6.22. The van der Waals surface area contributed by atoms with Crippen LogP contribution in [0.2, 0.25) is 10.0 Å². The molecule has 0 saturated carbocycles. The van der Waals surface area contributed by atoms with E-state index in [9.17, 15) is 0 Å². The summed E-state index contributed by atoms with van der Waals surface area (Å²) in [6.45, 7) is 0.852. The number of methoxy groups -OCH3 is 2. The molecule has 0 fully saturated rings. The van der Waals surface area contributed by atoms with E-state index in [1.54, 1.807) is 32.4 Å². The van der Waals surface area contributed by atoms with Crippen molar-refractivity contribution < 1.29 is 14.2 Å². The van der Waals surface area contributed by atoms with Crippen molar-refractivity contribution in [1.82, 2.24) is 0 Å². The summed E-state index contributed by atoms with van der Waals surface area (Å²) in [6, 6.07) is 16.9. The van der Waals surface area contributed by atoms with Gasteiger partial charge in [0.05, 0.1) is 14.2 Å². The summed E-state index contributed by atoms with van der Waals surface area (Å²) in [4.78, 5) is 0. The minimum atomic E-state index is 0.241. The van der Waals surface area contributed by atoms with Gasteiger partial charge >= 0.3 is 0 Å². The Morgan fingerprint density at radius 2 is 1.59 bits per heavy atom. The molecule has 0 spiro atoms. The van der Waals surface area contributed by atoms with Crippen LogP contribution >= 0.6 is 39.1 Å². The SMILES string of the molecule is COc1ccc(NCc2cc(OC)c(OCc3c(Cl)cccc3Cl)cc2Br)cc1. The van der Waals surface area contributed by atoms with Gasteiger partial charge in [-0.25, -0.2) is 0 Å². The van der Waals surface area contributed by atoms with Crippen molar-refractivity contribution in [2.75, 3.05) is 19.5 Å². The summed E-state index contributed by atoms with van der Waals surface area (Å²) in [5.41, 5.74) is 2.76. The van der Waals surface area contributed by atoms with Gasteiger partial charge in [-0.2, -0.15) is 0 Å². The lowest BCUT2D eigenvalue weighted by Crippen LogP contribution is -2.03. The van der Waals surface area contributed by atoms with Gasteiger partial charge in [-0.3, -0.25) is 0 Å². The lowest BCUT2D eigenvalue weighted by Gasteiger charge is -2.16. The van der Waals surface area contributed by atoms with Gasteiger partial charge in [0, 0.05) is 32.3 Å². The van der Waals surface area contributed by atoms with E-state index in [2.05, 4.69) is 21.2 Å². The fraction of sp³-hybridized carbons (Fsp3) is 0.182. The molecule has 3 aromatic rings. The molecule has 0 atom stereocenters. The monoisotopic (exact) mass is 495 g/mol. The van der Waals surface area contributed by atoms with Crippen molar-refractivity contribution in [3.05, 3.63) is 80.2 Å². The van der Waals surface area contributed by atoms with E-state index in [0.29, 0.717) is 28.1 Å². The highest BCUT2D eigenvalue weighted by molar-refractivity contribution is 9.10. The zero-order valence-corrected chi connectivity index (χ0v) is 19.1. The van der Waals surface area contributed by atoms with Crippen molar-refractivity contribution in [2.45, 2.75) is 13.2 Å². The van der Waals surface area contributed by atoms with Crippen molar-refractivity contribution in [3.63, 3.8) is 0 Å². The van der Waals surface area contributed by atoms with Gasteiger partial charge < -0.3 is 19.5 Å². The van der Waals surface area contributed by atoms with Gasteiger partial charge in [-0.1, -0.05) is 45.2 Å². The molecular weight excluding hydrogens is 477 g/mol. The van der Waals surface area contributed by atoms with Crippen LogP contribution in [0.15, 0.2) is 59.1 Å². The van der Waals surface area contributed by atoms with Gasteiger partial charge in [0.25, 0.3) is 0 Å². The van der Waals surface area contributed by atoms with E-state index in [1.807, 2.05) is 36.4 Å². The lowest BCUT2D eigenvalue weighted by atomic mass is 10.2. The Balaban J connectivity index is 1.72. The molecule has 3 rings (SSSR count). The predicted octanol–water partition coefficient (Wildman–Crippen LogP) is 6.96. The number of anilines is 1. The second kappa shape index (κ2) is 10.1. The molecule has 7 heteroatoms. The fourth-order valence-electron chi connectivity index (χ4n) is 2.71. The van der Waals surface area contributed by atoms with E-state index < -0.39 is 0 Å². The van der Waals surface area contributed by atoms with E-state index >= 15 is 0 Å². The molecule has 3 aromatic carbocycles. The summed E-state index contributed by atoms with van der Waals surface area (Å²) < 4.78 is 17.5. The Labute approximate surface area is 188 Å². The summed E-state index contributed by atoms with van der Waals surface area (Å²) >= 11 is 16.1. The summed E-state index contributed by atoms with van der Waals surface area (Å²) in [5.74, 6) is 2.05. The Morgan fingerprint density at radius 3 is 2.21 bits per heavy atom.